The van der Waals surface area contributed by atoms with Gasteiger partial charge in [0.15, 0.2) is 0 Å². The van der Waals surface area contributed by atoms with E-state index in [0.29, 0.717) is 0 Å². The minimum absolute atomic E-state index is 1.11. The normalized spacial score (nSPS) is 12.3. The van der Waals surface area contributed by atoms with Gasteiger partial charge in [0.2, 0.25) is 0 Å². The molecule has 0 unspecified atom stereocenters. The summed E-state index contributed by atoms with van der Waals surface area (Å²) < 4.78 is 10.0. The van der Waals surface area contributed by atoms with Crippen LogP contribution in [0.1, 0.15) is 0 Å². The standard InChI is InChI=1S/C66H40N4/c1-2-19-43-42(18-1)51-27-17-28-52-48-24-7-15-34-61(48)70(66(51)52)62-35-16-8-25-49(62)54-40-65(68-58-31-12-5-22-46(58)47-23-6-13-32-59(47)68)64(39-53(43)54)69-60-33-14-9-26-50(60)55-38-41(36-37-63(55)69)67-56-29-10-3-20-44(56)45-21-4-11-30-57(45)67/h1-40H. The van der Waals surface area contributed by atoms with Gasteiger partial charge in [0, 0.05) is 59.5 Å². The molecular weight excluding hydrogens is 849 g/mol. The van der Waals surface area contributed by atoms with Crippen LogP contribution < -0.4 is 0 Å². The maximum Gasteiger partial charge on any atom is 0.0709 e. The highest BCUT2D eigenvalue weighted by Crippen LogP contribution is 2.44. The van der Waals surface area contributed by atoms with E-state index in [0.717, 1.165) is 33.6 Å². The lowest BCUT2D eigenvalue weighted by Crippen LogP contribution is -2.04. The second kappa shape index (κ2) is 14.1. The number of para-hydroxylation sites is 8. The van der Waals surface area contributed by atoms with Gasteiger partial charge in [0.25, 0.3) is 0 Å². The van der Waals surface area contributed by atoms with E-state index in [4.69, 9.17) is 0 Å². The Morgan fingerprint density at radius 2 is 0.486 bits per heavy atom. The van der Waals surface area contributed by atoms with Crippen molar-refractivity contribution in [2.24, 2.45) is 0 Å². The maximum absolute atomic E-state index is 2.54. The Bertz CT molecular complexity index is 4850. The molecule has 5 heterocycles. The third-order valence-corrected chi connectivity index (χ3v) is 15.3. The van der Waals surface area contributed by atoms with Crippen LogP contribution >= 0.6 is 0 Å². The predicted octanol–water partition coefficient (Wildman–Crippen LogP) is 17.6. The van der Waals surface area contributed by atoms with Gasteiger partial charge in [0.05, 0.1) is 61.0 Å². The Morgan fingerprint density at radius 3 is 0.957 bits per heavy atom. The molecule has 11 aromatic carbocycles. The van der Waals surface area contributed by atoms with E-state index in [1.54, 1.807) is 0 Å². The van der Waals surface area contributed by atoms with E-state index in [-0.39, 0.29) is 0 Å². The first kappa shape index (κ1) is 37.7. The Labute approximate surface area is 400 Å². The van der Waals surface area contributed by atoms with E-state index < -0.39 is 0 Å². The van der Waals surface area contributed by atoms with Gasteiger partial charge >= 0.3 is 0 Å². The molecule has 4 nitrogen and oxygen atoms in total. The fraction of sp³-hybridized carbons (Fsp3) is 0. The molecule has 0 amide bonds. The summed E-state index contributed by atoms with van der Waals surface area (Å²) >= 11 is 0. The van der Waals surface area contributed by atoms with Crippen molar-refractivity contribution >= 4 is 125 Å². The largest absolute Gasteiger partial charge is 0.309 e. The molecule has 16 rings (SSSR count). The second-order valence-electron chi connectivity index (χ2n) is 18.8. The van der Waals surface area contributed by atoms with Gasteiger partial charge in [-0.2, -0.15) is 0 Å². The summed E-state index contributed by atoms with van der Waals surface area (Å²) in [5.41, 5.74) is 14.0. The van der Waals surface area contributed by atoms with Crippen molar-refractivity contribution in [1.82, 2.24) is 18.1 Å². The van der Waals surface area contributed by atoms with Gasteiger partial charge in [0.1, 0.15) is 0 Å². The maximum atomic E-state index is 2.54. The molecule has 0 fully saturated rings. The molecule has 0 spiro atoms. The highest BCUT2D eigenvalue weighted by molar-refractivity contribution is 6.26. The van der Waals surface area contributed by atoms with Crippen molar-refractivity contribution in [3.05, 3.63) is 243 Å². The summed E-state index contributed by atoms with van der Waals surface area (Å²) in [7, 11) is 0. The van der Waals surface area contributed by atoms with Crippen molar-refractivity contribution in [2.75, 3.05) is 0 Å². The van der Waals surface area contributed by atoms with Crippen LogP contribution in [0.5, 0.6) is 0 Å². The van der Waals surface area contributed by atoms with E-state index in [1.807, 2.05) is 0 Å². The number of nitrogens with zero attached hydrogens (tertiary/aromatic N) is 4. The van der Waals surface area contributed by atoms with Gasteiger partial charge in [-0.25, -0.2) is 0 Å². The lowest BCUT2D eigenvalue weighted by molar-refractivity contribution is 1.10. The zero-order chi connectivity index (χ0) is 45.6. The summed E-state index contributed by atoms with van der Waals surface area (Å²) in [6.45, 7) is 0. The number of hydrogen-bond acceptors (Lipinski definition) is 0. The van der Waals surface area contributed by atoms with E-state index in [1.165, 1.54) is 109 Å². The van der Waals surface area contributed by atoms with Crippen LogP contribution in [0.3, 0.4) is 0 Å². The first-order valence-corrected chi connectivity index (χ1v) is 24.2. The molecule has 0 radical (unpaired) electrons. The third kappa shape index (κ3) is 4.98. The summed E-state index contributed by atoms with van der Waals surface area (Å²) in [6.07, 6.45) is 0. The van der Waals surface area contributed by atoms with Crippen LogP contribution in [-0.2, 0) is 0 Å². The van der Waals surface area contributed by atoms with Gasteiger partial charge in [-0.1, -0.05) is 170 Å². The molecule has 0 saturated carbocycles. The Balaban J connectivity index is 1.13. The molecule has 0 aliphatic heterocycles. The Morgan fingerprint density at radius 1 is 0.186 bits per heavy atom. The molecule has 0 saturated heterocycles. The molecule has 0 aliphatic carbocycles. The first-order chi connectivity index (χ1) is 34.8. The van der Waals surface area contributed by atoms with Crippen LogP contribution in [-0.4, -0.2) is 18.1 Å². The highest BCUT2D eigenvalue weighted by atomic mass is 15.1. The van der Waals surface area contributed by atoms with Gasteiger partial charge in [-0.3, -0.25) is 0 Å². The highest BCUT2D eigenvalue weighted by Gasteiger charge is 2.23. The molecule has 0 N–H and O–H groups in total. The minimum Gasteiger partial charge on any atom is -0.309 e. The first-order valence-electron chi connectivity index (χ1n) is 24.2. The summed E-state index contributed by atoms with van der Waals surface area (Å²) in [5.74, 6) is 0. The van der Waals surface area contributed by atoms with Crippen molar-refractivity contribution < 1.29 is 0 Å². The van der Waals surface area contributed by atoms with Gasteiger partial charge in [-0.15, -0.1) is 0 Å². The molecule has 16 aromatic rings. The topological polar surface area (TPSA) is 19.2 Å². The zero-order valence-electron chi connectivity index (χ0n) is 37.9. The summed E-state index contributed by atoms with van der Waals surface area (Å²) in [6, 6.07) is 90.3. The van der Waals surface area contributed by atoms with Crippen LogP contribution in [0.15, 0.2) is 243 Å². The Hall–Kier alpha value is -9.38. The quantitative estimate of drug-likeness (QED) is 0.168. The molecule has 5 aromatic heterocycles. The van der Waals surface area contributed by atoms with Crippen molar-refractivity contribution in [3.63, 3.8) is 0 Å². The predicted molar refractivity (Wildman–Crippen MR) is 297 cm³/mol. The van der Waals surface area contributed by atoms with Gasteiger partial charge in [-0.05, 0) is 94.3 Å². The number of benzene rings is 11. The minimum atomic E-state index is 1.11. The number of hydrogen-bond donors (Lipinski definition) is 0. The number of fused-ring (bicyclic) bond motifs is 19. The van der Waals surface area contributed by atoms with E-state index in [9.17, 15) is 0 Å². The van der Waals surface area contributed by atoms with Crippen molar-refractivity contribution in [3.8, 4) is 17.1 Å². The SMILES string of the molecule is c1ccc2c(c1)c1cc(-n3c4ccccc4c4cc(-n5c6ccccc6c6ccccc65)ccc43)c(-n3c4ccccc4c4ccccc43)cc1c1ccccc1n1c3ccccc3c3cccc2c31. The molecule has 4 heteroatoms. The fourth-order valence-corrected chi connectivity index (χ4v) is 12.5. The molecule has 70 heavy (non-hydrogen) atoms. The van der Waals surface area contributed by atoms with E-state index >= 15 is 0 Å². The lowest BCUT2D eigenvalue weighted by atomic mass is 9.99. The average Bonchev–Trinajstić information content (AvgIpc) is 4.16. The van der Waals surface area contributed by atoms with Crippen molar-refractivity contribution in [2.45, 2.75) is 0 Å². The van der Waals surface area contributed by atoms with Gasteiger partial charge < -0.3 is 18.1 Å². The summed E-state index contributed by atoms with van der Waals surface area (Å²) in [5, 5.41) is 17.0. The van der Waals surface area contributed by atoms with Crippen molar-refractivity contribution in [1.29, 1.82) is 0 Å². The average molecular weight is 889 g/mol. The fourth-order valence-electron chi connectivity index (χ4n) is 12.5. The lowest BCUT2D eigenvalue weighted by Gasteiger charge is -2.19. The van der Waals surface area contributed by atoms with Crippen LogP contribution in [0.25, 0.3) is 142 Å². The Kier molecular flexibility index (Phi) is 7.58. The molecule has 0 aliphatic rings. The van der Waals surface area contributed by atoms with Crippen LogP contribution in [0, 0.1) is 0 Å². The van der Waals surface area contributed by atoms with Crippen LogP contribution in [0.2, 0.25) is 0 Å². The smallest absolute Gasteiger partial charge is 0.0709 e. The second-order valence-corrected chi connectivity index (χ2v) is 18.8. The zero-order valence-corrected chi connectivity index (χ0v) is 37.9. The molecule has 324 valence electrons. The monoisotopic (exact) mass is 888 g/mol. The molecule has 0 bridgehead atoms. The van der Waals surface area contributed by atoms with E-state index in [2.05, 4.69) is 261 Å². The molecule has 0 atom stereocenters. The van der Waals surface area contributed by atoms with Crippen LogP contribution in [0.4, 0.5) is 0 Å². The number of rotatable bonds is 3. The summed E-state index contributed by atoms with van der Waals surface area (Å²) in [4.78, 5) is 0. The number of aromatic nitrogens is 4. The molecular formula is C66H40N4. The third-order valence-electron chi connectivity index (χ3n) is 15.3.